The molecule has 0 saturated heterocycles. The summed E-state index contributed by atoms with van der Waals surface area (Å²) in [5.41, 5.74) is 1.73. The third kappa shape index (κ3) is 4.89. The summed E-state index contributed by atoms with van der Waals surface area (Å²) in [7, 11) is 1.32. The molecule has 0 bridgehead atoms. The normalized spacial score (nSPS) is 11.2. The van der Waals surface area contributed by atoms with Gasteiger partial charge in [-0.05, 0) is 38.5 Å². The molecule has 0 fully saturated rings. The molecule has 0 aliphatic rings. The van der Waals surface area contributed by atoms with Gasteiger partial charge >= 0.3 is 11.9 Å². The van der Waals surface area contributed by atoms with Crippen LogP contribution in [0.5, 0.6) is 0 Å². The number of carbonyl (C=O) groups is 2. The lowest BCUT2D eigenvalue weighted by atomic mass is 10.0. The van der Waals surface area contributed by atoms with Gasteiger partial charge in [-0.1, -0.05) is 53.2 Å². The lowest BCUT2D eigenvalue weighted by Crippen LogP contribution is -2.24. The Balaban J connectivity index is 2.10. The van der Waals surface area contributed by atoms with E-state index in [1.165, 1.54) is 7.11 Å². The molecule has 1 aromatic heterocycles. The van der Waals surface area contributed by atoms with Crippen molar-refractivity contribution in [1.82, 2.24) is 5.16 Å². The maximum Gasteiger partial charge on any atom is 0.344 e. The van der Waals surface area contributed by atoms with Crippen molar-refractivity contribution in [3.05, 3.63) is 64.7 Å². The van der Waals surface area contributed by atoms with Crippen molar-refractivity contribution >= 4 is 23.5 Å². The van der Waals surface area contributed by atoms with Crippen LogP contribution in [0.4, 0.5) is 0 Å². The average molecular weight is 428 g/mol. The van der Waals surface area contributed by atoms with E-state index in [1.54, 1.807) is 39.0 Å². The fourth-order valence-corrected chi connectivity index (χ4v) is 3.17. The number of hydrogen-bond acceptors (Lipinski definition) is 6. The minimum Gasteiger partial charge on any atom is -0.469 e. The van der Waals surface area contributed by atoms with Crippen LogP contribution in [0, 0.1) is 0 Å². The van der Waals surface area contributed by atoms with Gasteiger partial charge in [0, 0.05) is 11.1 Å². The van der Waals surface area contributed by atoms with E-state index in [2.05, 4.69) is 9.89 Å². The topological polar surface area (TPSA) is 78.6 Å². The predicted molar refractivity (Wildman–Crippen MR) is 113 cm³/mol. The van der Waals surface area contributed by atoms with E-state index in [-0.39, 0.29) is 23.7 Å². The van der Waals surface area contributed by atoms with Crippen LogP contribution in [0.1, 0.15) is 36.7 Å². The molecule has 2 aromatic carbocycles. The number of methoxy groups -OCH3 is 1. The molecule has 7 heteroatoms. The Labute approximate surface area is 179 Å². The fraction of sp³-hybridized carbons (Fsp3) is 0.261. The standard InChI is InChI=1S/C23H22ClNO5/c1-23(2,3)29-22(27)19-20(15-8-6-5-7-9-15)25-30-21(19)16-11-10-14(12-17(16)24)13-18(26)28-4/h5-12H,13H2,1-4H3. The third-order valence-electron chi connectivity index (χ3n) is 4.20. The Hall–Kier alpha value is -3.12. The van der Waals surface area contributed by atoms with Crippen LogP contribution in [-0.4, -0.2) is 29.8 Å². The number of aromatic nitrogens is 1. The van der Waals surface area contributed by atoms with Crippen molar-refractivity contribution in [2.75, 3.05) is 7.11 Å². The predicted octanol–water partition coefficient (Wildman–Crippen LogP) is 5.33. The van der Waals surface area contributed by atoms with E-state index >= 15 is 0 Å². The maximum atomic E-state index is 13.0. The second-order valence-corrected chi connectivity index (χ2v) is 8.08. The lowest BCUT2D eigenvalue weighted by molar-refractivity contribution is -0.139. The molecule has 0 aliphatic carbocycles. The van der Waals surface area contributed by atoms with Gasteiger partial charge in [0.05, 0.1) is 18.6 Å². The van der Waals surface area contributed by atoms with Gasteiger partial charge in [0.2, 0.25) is 0 Å². The molecular formula is C23H22ClNO5. The summed E-state index contributed by atoms with van der Waals surface area (Å²) in [5, 5.41) is 4.45. The highest BCUT2D eigenvalue weighted by Crippen LogP contribution is 2.37. The Morgan fingerprint density at radius 2 is 1.80 bits per heavy atom. The summed E-state index contributed by atoms with van der Waals surface area (Å²) in [5.74, 6) is -0.732. The Morgan fingerprint density at radius 3 is 2.40 bits per heavy atom. The minimum atomic E-state index is -0.701. The second kappa shape index (κ2) is 8.71. The van der Waals surface area contributed by atoms with Gasteiger partial charge < -0.3 is 14.0 Å². The van der Waals surface area contributed by atoms with Gasteiger partial charge in [-0.25, -0.2) is 4.79 Å². The molecule has 0 unspecified atom stereocenters. The zero-order valence-electron chi connectivity index (χ0n) is 17.2. The highest BCUT2D eigenvalue weighted by Gasteiger charge is 2.30. The van der Waals surface area contributed by atoms with Crippen LogP contribution >= 0.6 is 11.6 Å². The molecule has 0 radical (unpaired) electrons. The van der Waals surface area contributed by atoms with E-state index in [0.29, 0.717) is 27.4 Å². The first-order valence-corrected chi connectivity index (χ1v) is 9.71. The van der Waals surface area contributed by atoms with E-state index in [4.69, 9.17) is 20.9 Å². The molecule has 6 nitrogen and oxygen atoms in total. The maximum absolute atomic E-state index is 13.0. The first kappa shape index (κ1) is 21.6. The molecule has 0 N–H and O–H groups in total. The van der Waals surface area contributed by atoms with Crippen LogP contribution in [0.15, 0.2) is 53.1 Å². The van der Waals surface area contributed by atoms with E-state index in [9.17, 15) is 9.59 Å². The second-order valence-electron chi connectivity index (χ2n) is 7.67. The number of hydrogen-bond donors (Lipinski definition) is 0. The Morgan fingerprint density at radius 1 is 1.10 bits per heavy atom. The number of carbonyl (C=O) groups excluding carboxylic acids is 2. The first-order chi connectivity index (χ1) is 14.2. The number of rotatable bonds is 5. The lowest BCUT2D eigenvalue weighted by Gasteiger charge is -2.19. The zero-order chi connectivity index (χ0) is 21.9. The summed E-state index contributed by atoms with van der Waals surface area (Å²) in [6.07, 6.45) is 0.0844. The van der Waals surface area contributed by atoms with Gasteiger partial charge in [0.25, 0.3) is 0 Å². The summed E-state index contributed by atoms with van der Waals surface area (Å²) < 4.78 is 15.8. The summed E-state index contributed by atoms with van der Waals surface area (Å²) in [6, 6.07) is 14.3. The number of nitrogens with zero attached hydrogens (tertiary/aromatic N) is 1. The Kier molecular flexibility index (Phi) is 6.27. The molecule has 0 aliphatic heterocycles. The number of esters is 2. The highest BCUT2D eigenvalue weighted by atomic mass is 35.5. The van der Waals surface area contributed by atoms with Gasteiger partial charge in [-0.2, -0.15) is 0 Å². The summed E-state index contributed by atoms with van der Waals surface area (Å²) in [6.45, 7) is 5.36. The zero-order valence-corrected chi connectivity index (χ0v) is 17.9. The van der Waals surface area contributed by atoms with Gasteiger partial charge in [-0.15, -0.1) is 0 Å². The van der Waals surface area contributed by atoms with Crippen LogP contribution in [-0.2, 0) is 20.7 Å². The molecule has 156 valence electrons. The van der Waals surface area contributed by atoms with E-state index in [1.807, 2.05) is 30.3 Å². The SMILES string of the molecule is COC(=O)Cc1ccc(-c2onc(-c3ccccc3)c2C(=O)OC(C)(C)C)c(Cl)c1. The van der Waals surface area contributed by atoms with E-state index in [0.717, 1.165) is 0 Å². The van der Waals surface area contributed by atoms with Gasteiger partial charge in [0.15, 0.2) is 5.76 Å². The van der Waals surface area contributed by atoms with Crippen molar-refractivity contribution in [3.8, 4) is 22.6 Å². The van der Waals surface area contributed by atoms with Crippen molar-refractivity contribution in [1.29, 1.82) is 0 Å². The number of halogens is 1. The smallest absolute Gasteiger partial charge is 0.344 e. The van der Waals surface area contributed by atoms with E-state index < -0.39 is 11.6 Å². The molecular weight excluding hydrogens is 406 g/mol. The van der Waals surface area contributed by atoms with Crippen molar-refractivity contribution in [2.45, 2.75) is 32.8 Å². The highest BCUT2D eigenvalue weighted by molar-refractivity contribution is 6.33. The number of ether oxygens (including phenoxy) is 2. The van der Waals surface area contributed by atoms with Crippen LogP contribution < -0.4 is 0 Å². The van der Waals surface area contributed by atoms with Crippen LogP contribution in [0.3, 0.4) is 0 Å². The largest absolute Gasteiger partial charge is 0.469 e. The summed E-state index contributed by atoms with van der Waals surface area (Å²) >= 11 is 6.46. The van der Waals surface area contributed by atoms with Gasteiger partial charge in [-0.3, -0.25) is 4.79 Å². The molecule has 0 atom stereocenters. The van der Waals surface area contributed by atoms with Crippen molar-refractivity contribution in [3.63, 3.8) is 0 Å². The molecule has 0 spiro atoms. The molecule has 30 heavy (non-hydrogen) atoms. The monoisotopic (exact) mass is 427 g/mol. The minimum absolute atomic E-state index is 0.0844. The van der Waals surface area contributed by atoms with Crippen molar-refractivity contribution in [2.24, 2.45) is 0 Å². The quantitative estimate of drug-likeness (QED) is 0.512. The summed E-state index contributed by atoms with van der Waals surface area (Å²) in [4.78, 5) is 24.6. The third-order valence-corrected chi connectivity index (χ3v) is 4.51. The molecule has 0 amide bonds. The van der Waals surface area contributed by atoms with Crippen LogP contribution in [0.2, 0.25) is 5.02 Å². The molecule has 3 rings (SSSR count). The number of benzene rings is 2. The molecule has 3 aromatic rings. The fourth-order valence-electron chi connectivity index (χ4n) is 2.88. The first-order valence-electron chi connectivity index (χ1n) is 9.33. The van der Waals surface area contributed by atoms with Crippen LogP contribution in [0.25, 0.3) is 22.6 Å². The average Bonchev–Trinajstić information content (AvgIpc) is 3.12. The Bertz CT molecular complexity index is 1070. The van der Waals surface area contributed by atoms with Crippen molar-refractivity contribution < 1.29 is 23.6 Å². The molecule has 0 saturated carbocycles. The van der Waals surface area contributed by atoms with Gasteiger partial charge in [0.1, 0.15) is 16.9 Å². The molecule has 1 heterocycles.